The first-order valence-electron chi connectivity index (χ1n) is 16.5. The number of hydrogen-bond donors (Lipinski definition) is 2. The van der Waals surface area contributed by atoms with Crippen LogP contribution in [0.5, 0.6) is 0 Å². The molecular weight excluding hydrogens is 726 g/mol. The number of azo groups is 1. The van der Waals surface area contributed by atoms with Crippen molar-refractivity contribution in [1.29, 1.82) is 0 Å². The molecule has 1 atom stereocenters. The molecule has 3 aromatic carbocycles. The van der Waals surface area contributed by atoms with Gasteiger partial charge in [-0.1, -0.05) is 117 Å². The zero-order valence-electron chi connectivity index (χ0n) is 27.9. The number of anilines is 1. The summed E-state index contributed by atoms with van der Waals surface area (Å²) in [7, 11) is -3.79. The molecule has 0 spiro atoms. The summed E-state index contributed by atoms with van der Waals surface area (Å²) in [6.07, 6.45) is 11.6. The van der Waals surface area contributed by atoms with Gasteiger partial charge in [-0.3, -0.25) is 10.2 Å². The molecule has 9 nitrogen and oxygen atoms in total. The molecule has 1 fully saturated rings. The summed E-state index contributed by atoms with van der Waals surface area (Å²) in [5.74, 6) is -0.472. The van der Waals surface area contributed by atoms with Crippen molar-refractivity contribution in [3.63, 3.8) is 0 Å². The Labute approximate surface area is 309 Å². The molecule has 1 amide bonds. The smallest absolute Gasteiger partial charge is 0.276 e. The van der Waals surface area contributed by atoms with Crippen LogP contribution in [0.25, 0.3) is 0 Å². The van der Waals surface area contributed by atoms with E-state index in [4.69, 9.17) is 46.4 Å². The summed E-state index contributed by atoms with van der Waals surface area (Å²) in [4.78, 5) is 18.3. The highest BCUT2D eigenvalue weighted by molar-refractivity contribution is 7.89. The summed E-state index contributed by atoms with van der Waals surface area (Å²) < 4.78 is 28.7. The number of rotatable bonds is 17. The Morgan fingerprint density at radius 1 is 0.796 bits per heavy atom. The number of amidine groups is 1. The SMILES string of the molecule is CCCCCCCCCCCCNS(=O)(=O)c1ccc(N=C2NN(c3c(Cl)cc(Cl)cc3Cl)C(=O)C2N=Nc2ccc(C)c(C)c2)c(Cl)c1. The lowest BCUT2D eigenvalue weighted by atomic mass is 10.1. The van der Waals surface area contributed by atoms with E-state index in [0.29, 0.717) is 17.3 Å². The number of halogens is 4. The second-order valence-electron chi connectivity index (χ2n) is 12.1. The fourth-order valence-electron chi connectivity index (χ4n) is 5.26. The van der Waals surface area contributed by atoms with Crippen molar-refractivity contribution in [3.8, 4) is 0 Å². The predicted molar refractivity (Wildman–Crippen MR) is 202 cm³/mol. The number of sulfonamides is 1. The van der Waals surface area contributed by atoms with Crippen molar-refractivity contribution in [1.82, 2.24) is 10.1 Å². The van der Waals surface area contributed by atoms with Gasteiger partial charge in [0.05, 0.1) is 31.3 Å². The van der Waals surface area contributed by atoms with Gasteiger partial charge in [-0.05, 0) is 73.9 Å². The van der Waals surface area contributed by atoms with E-state index >= 15 is 0 Å². The van der Waals surface area contributed by atoms with Gasteiger partial charge in [-0.15, -0.1) is 0 Å². The van der Waals surface area contributed by atoms with Gasteiger partial charge in [-0.25, -0.2) is 23.1 Å². The topological polar surface area (TPSA) is 116 Å². The molecule has 49 heavy (non-hydrogen) atoms. The van der Waals surface area contributed by atoms with Crippen LogP contribution < -0.4 is 15.2 Å². The molecule has 1 aliphatic rings. The lowest BCUT2D eigenvalue weighted by Gasteiger charge is -2.19. The summed E-state index contributed by atoms with van der Waals surface area (Å²) in [6.45, 7) is 6.49. The van der Waals surface area contributed by atoms with Crippen molar-refractivity contribution < 1.29 is 13.2 Å². The number of carbonyl (C=O) groups is 1. The molecule has 0 bridgehead atoms. The van der Waals surface area contributed by atoms with E-state index in [9.17, 15) is 13.2 Å². The number of aryl methyl sites for hydroxylation is 2. The van der Waals surface area contributed by atoms with Gasteiger partial charge in [0.2, 0.25) is 16.1 Å². The number of hydrogen-bond acceptors (Lipinski definition) is 6. The Morgan fingerprint density at radius 2 is 1.43 bits per heavy atom. The summed E-state index contributed by atoms with van der Waals surface area (Å²) in [6, 6.07) is 11.5. The first kappa shape index (κ1) is 39.1. The minimum Gasteiger partial charge on any atom is -0.276 e. The maximum Gasteiger partial charge on any atom is 0.280 e. The normalized spacial score (nSPS) is 15.9. The average Bonchev–Trinajstić information content (AvgIpc) is 3.34. The van der Waals surface area contributed by atoms with Gasteiger partial charge in [0, 0.05) is 11.6 Å². The monoisotopic (exact) mass is 766 g/mol. The third-order valence-corrected chi connectivity index (χ3v) is 10.8. The van der Waals surface area contributed by atoms with E-state index in [1.807, 2.05) is 26.0 Å². The van der Waals surface area contributed by atoms with Crippen LogP contribution in [0, 0.1) is 13.8 Å². The van der Waals surface area contributed by atoms with E-state index in [1.165, 1.54) is 75.3 Å². The number of nitrogens with zero attached hydrogens (tertiary/aromatic N) is 4. The van der Waals surface area contributed by atoms with Crippen LogP contribution in [0.15, 0.2) is 68.6 Å². The zero-order chi connectivity index (χ0) is 35.6. The molecule has 4 rings (SSSR count). The van der Waals surface area contributed by atoms with Crippen molar-refractivity contribution in [3.05, 3.63) is 79.7 Å². The highest BCUT2D eigenvalue weighted by atomic mass is 35.5. The molecule has 14 heteroatoms. The summed E-state index contributed by atoms with van der Waals surface area (Å²) >= 11 is 25.5. The molecule has 0 aliphatic carbocycles. The molecule has 1 unspecified atom stereocenters. The van der Waals surface area contributed by atoms with Crippen LogP contribution in [0.2, 0.25) is 20.1 Å². The lowest BCUT2D eigenvalue weighted by Crippen LogP contribution is -2.36. The number of hydrazine groups is 1. The summed E-state index contributed by atoms with van der Waals surface area (Å²) in [5.41, 5.74) is 5.96. The fraction of sp³-hybridized carbons (Fsp3) is 0.429. The Bertz CT molecular complexity index is 1780. The Balaban J connectivity index is 1.48. The summed E-state index contributed by atoms with van der Waals surface area (Å²) in [5, 5.41) is 10.4. The zero-order valence-corrected chi connectivity index (χ0v) is 31.7. The van der Waals surface area contributed by atoms with Crippen molar-refractivity contribution in [2.45, 2.75) is 95.9 Å². The number of benzene rings is 3. The first-order valence-corrected chi connectivity index (χ1v) is 19.5. The average molecular weight is 769 g/mol. The lowest BCUT2D eigenvalue weighted by molar-refractivity contribution is -0.117. The predicted octanol–water partition coefficient (Wildman–Crippen LogP) is 10.9. The van der Waals surface area contributed by atoms with Crippen molar-refractivity contribution >= 4 is 85.2 Å². The van der Waals surface area contributed by atoms with E-state index in [0.717, 1.165) is 35.4 Å². The molecule has 1 saturated heterocycles. The molecule has 3 aromatic rings. The van der Waals surface area contributed by atoms with Gasteiger partial charge in [-0.2, -0.15) is 10.2 Å². The quantitative estimate of drug-likeness (QED) is 0.105. The second kappa shape index (κ2) is 18.5. The fourth-order valence-corrected chi connectivity index (χ4v) is 7.64. The second-order valence-corrected chi connectivity index (χ2v) is 15.5. The maximum absolute atomic E-state index is 13.7. The molecule has 1 aliphatic heterocycles. The van der Waals surface area contributed by atoms with Gasteiger partial charge in [0.1, 0.15) is 5.69 Å². The molecular formula is C35H42Cl4N6O3S. The number of unbranched alkanes of at least 4 members (excludes halogenated alkanes) is 9. The molecule has 2 N–H and O–H groups in total. The number of aliphatic imine (C=N–C) groups is 1. The van der Waals surface area contributed by atoms with Crippen molar-refractivity contribution in [2.75, 3.05) is 11.6 Å². The Hall–Kier alpha value is -2.73. The van der Waals surface area contributed by atoms with Gasteiger partial charge in [0.15, 0.2) is 5.84 Å². The molecule has 1 heterocycles. The van der Waals surface area contributed by atoms with Crippen LogP contribution in [0.1, 0.15) is 82.3 Å². The number of amides is 1. The molecule has 0 saturated carbocycles. The standard InChI is InChI=1S/C35H42Cl4N6O3S/c1-4-5-6-7-8-9-10-11-12-13-18-40-49(47,48)27-16-17-31(28(37)22-27)41-34-32(43-42-26-15-14-23(2)24(3)19-26)35(46)45(44-34)33-29(38)20-25(36)21-30(33)39/h14-17,19-22,32,40H,4-13,18H2,1-3H3,(H,41,44). The Kier molecular flexibility index (Phi) is 14.7. The van der Waals surface area contributed by atoms with Crippen LogP contribution in [-0.4, -0.2) is 32.7 Å². The number of nitrogens with one attached hydrogen (secondary N) is 2. The molecule has 0 aromatic heterocycles. The van der Waals surface area contributed by atoms with Crippen LogP contribution in [0.3, 0.4) is 0 Å². The first-order chi connectivity index (χ1) is 23.4. The molecule has 264 valence electrons. The number of carbonyl (C=O) groups excluding carboxylic acids is 1. The van der Waals surface area contributed by atoms with Crippen LogP contribution in [-0.2, 0) is 14.8 Å². The van der Waals surface area contributed by atoms with Crippen molar-refractivity contribution in [2.24, 2.45) is 15.2 Å². The minimum atomic E-state index is -3.79. The van der Waals surface area contributed by atoms with E-state index in [2.05, 4.69) is 32.3 Å². The van der Waals surface area contributed by atoms with Crippen LogP contribution in [0.4, 0.5) is 17.1 Å². The van der Waals surface area contributed by atoms with Crippen LogP contribution >= 0.6 is 46.4 Å². The highest BCUT2D eigenvalue weighted by Crippen LogP contribution is 2.38. The van der Waals surface area contributed by atoms with E-state index in [-0.39, 0.29) is 37.2 Å². The Morgan fingerprint density at radius 3 is 2.04 bits per heavy atom. The van der Waals surface area contributed by atoms with Gasteiger partial charge in [0.25, 0.3) is 5.91 Å². The third kappa shape index (κ3) is 10.9. The van der Waals surface area contributed by atoms with Gasteiger partial charge < -0.3 is 0 Å². The minimum absolute atomic E-state index is 0.0105. The molecule has 0 radical (unpaired) electrons. The third-order valence-electron chi connectivity index (χ3n) is 8.22. The van der Waals surface area contributed by atoms with E-state index in [1.54, 1.807) is 6.07 Å². The van der Waals surface area contributed by atoms with E-state index < -0.39 is 22.0 Å². The highest BCUT2D eigenvalue weighted by Gasteiger charge is 2.41. The largest absolute Gasteiger partial charge is 0.280 e. The maximum atomic E-state index is 13.7. The van der Waals surface area contributed by atoms with Gasteiger partial charge >= 0.3 is 0 Å².